The van der Waals surface area contributed by atoms with Crippen LogP contribution in [0.5, 0.6) is 17.2 Å². The van der Waals surface area contributed by atoms with Gasteiger partial charge in [0.2, 0.25) is 0 Å². The van der Waals surface area contributed by atoms with Gasteiger partial charge in [-0.05, 0) is 66.2 Å². The van der Waals surface area contributed by atoms with Crippen LogP contribution in [0, 0.1) is 23.7 Å². The predicted molar refractivity (Wildman–Crippen MR) is 136 cm³/mol. The first-order valence-corrected chi connectivity index (χ1v) is 10.8. The third kappa shape index (κ3) is 5.23. The van der Waals surface area contributed by atoms with E-state index in [4.69, 9.17) is 14.2 Å². The lowest BCUT2D eigenvalue weighted by atomic mass is 9.94. The van der Waals surface area contributed by atoms with Gasteiger partial charge in [-0.15, -0.1) is 0 Å². The zero-order valence-electron chi connectivity index (χ0n) is 19.4. The molecule has 3 nitrogen and oxygen atoms in total. The molecular weight excluding hydrogens is 420 g/mol. The Morgan fingerprint density at radius 3 is 1.62 bits per heavy atom. The lowest BCUT2D eigenvalue weighted by Crippen LogP contribution is -1.93. The van der Waals surface area contributed by atoms with Crippen LogP contribution in [-0.4, -0.2) is 21.3 Å². The molecule has 0 amide bonds. The van der Waals surface area contributed by atoms with Crippen molar-refractivity contribution in [2.75, 3.05) is 21.3 Å². The summed E-state index contributed by atoms with van der Waals surface area (Å²) in [4.78, 5) is 0. The highest BCUT2D eigenvalue weighted by Crippen LogP contribution is 2.32. The molecule has 166 valence electrons. The average Bonchev–Trinajstić information content (AvgIpc) is 2.91. The minimum Gasteiger partial charge on any atom is -0.497 e. The zero-order chi connectivity index (χ0) is 23.8. The van der Waals surface area contributed by atoms with Crippen LogP contribution in [0.3, 0.4) is 0 Å². The minimum atomic E-state index is 0.719. The van der Waals surface area contributed by atoms with Gasteiger partial charge in [-0.2, -0.15) is 0 Å². The number of methoxy groups -OCH3 is 3. The average molecular weight is 445 g/mol. The number of benzene rings is 4. The summed E-state index contributed by atoms with van der Waals surface area (Å²) in [6.07, 6.45) is 0. The van der Waals surface area contributed by atoms with E-state index in [1.165, 1.54) is 0 Å². The van der Waals surface area contributed by atoms with Gasteiger partial charge >= 0.3 is 0 Å². The van der Waals surface area contributed by atoms with Crippen molar-refractivity contribution >= 4 is 0 Å². The van der Waals surface area contributed by atoms with Crippen LogP contribution >= 0.6 is 0 Å². The van der Waals surface area contributed by atoms with E-state index in [-0.39, 0.29) is 0 Å². The molecule has 0 radical (unpaired) electrons. The van der Waals surface area contributed by atoms with Gasteiger partial charge in [0.15, 0.2) is 0 Å². The third-order valence-electron chi connectivity index (χ3n) is 5.32. The predicted octanol–water partition coefficient (Wildman–Crippen LogP) is 6.18. The van der Waals surface area contributed by atoms with Gasteiger partial charge in [-0.1, -0.05) is 54.0 Å². The fourth-order valence-corrected chi connectivity index (χ4v) is 3.50. The fourth-order valence-electron chi connectivity index (χ4n) is 3.50. The van der Waals surface area contributed by atoms with E-state index in [9.17, 15) is 0 Å². The van der Waals surface area contributed by atoms with Crippen molar-refractivity contribution in [3.05, 3.63) is 113 Å². The molecule has 0 bridgehead atoms. The van der Waals surface area contributed by atoms with Gasteiger partial charge in [0, 0.05) is 22.3 Å². The summed E-state index contributed by atoms with van der Waals surface area (Å²) >= 11 is 0. The largest absolute Gasteiger partial charge is 0.497 e. The van der Waals surface area contributed by atoms with E-state index in [0.717, 1.165) is 50.6 Å². The molecule has 0 unspecified atom stereocenters. The summed E-state index contributed by atoms with van der Waals surface area (Å²) in [7, 11) is 4.96. The molecule has 34 heavy (non-hydrogen) atoms. The van der Waals surface area contributed by atoms with Gasteiger partial charge < -0.3 is 14.2 Å². The zero-order valence-corrected chi connectivity index (χ0v) is 19.4. The summed E-state index contributed by atoms with van der Waals surface area (Å²) in [5.74, 6) is 15.5. The molecular formula is C31H24O3. The van der Waals surface area contributed by atoms with Crippen molar-refractivity contribution in [2.24, 2.45) is 0 Å². The molecule has 0 aliphatic heterocycles. The SMILES string of the molecule is COc1ccc(C#Cc2ccccc2-c2cccc(OC)c2C#Cc2ccc(OC)cc2)cc1. The van der Waals surface area contributed by atoms with Crippen molar-refractivity contribution in [2.45, 2.75) is 0 Å². The van der Waals surface area contributed by atoms with E-state index >= 15 is 0 Å². The Balaban J connectivity index is 1.76. The Hall–Kier alpha value is -4.60. The quantitative estimate of drug-likeness (QED) is 0.352. The maximum Gasteiger partial charge on any atom is 0.135 e. The topological polar surface area (TPSA) is 27.7 Å². The molecule has 0 saturated carbocycles. The highest BCUT2D eigenvalue weighted by Gasteiger charge is 2.11. The third-order valence-corrected chi connectivity index (χ3v) is 5.32. The van der Waals surface area contributed by atoms with Gasteiger partial charge in [0.25, 0.3) is 0 Å². The molecule has 0 aliphatic carbocycles. The van der Waals surface area contributed by atoms with E-state index < -0.39 is 0 Å². The van der Waals surface area contributed by atoms with Gasteiger partial charge in [-0.3, -0.25) is 0 Å². The first-order chi connectivity index (χ1) is 16.7. The van der Waals surface area contributed by atoms with Crippen LogP contribution in [0.15, 0.2) is 91.0 Å². The summed E-state index contributed by atoms with van der Waals surface area (Å²) < 4.78 is 16.1. The molecule has 0 fully saturated rings. The monoisotopic (exact) mass is 444 g/mol. The van der Waals surface area contributed by atoms with Crippen LogP contribution < -0.4 is 14.2 Å². The van der Waals surface area contributed by atoms with Crippen LogP contribution in [0.4, 0.5) is 0 Å². The van der Waals surface area contributed by atoms with Crippen LogP contribution in [0.2, 0.25) is 0 Å². The Labute approximate surface area is 200 Å². The van der Waals surface area contributed by atoms with Crippen molar-refractivity contribution in [1.29, 1.82) is 0 Å². The second-order valence-corrected chi connectivity index (χ2v) is 7.39. The van der Waals surface area contributed by atoms with Gasteiger partial charge in [0.1, 0.15) is 17.2 Å². The first-order valence-electron chi connectivity index (χ1n) is 10.8. The molecule has 0 saturated heterocycles. The maximum absolute atomic E-state index is 5.65. The Bertz CT molecular complexity index is 1390. The van der Waals surface area contributed by atoms with Crippen LogP contribution in [-0.2, 0) is 0 Å². The first kappa shape index (κ1) is 22.6. The van der Waals surface area contributed by atoms with Crippen LogP contribution in [0.1, 0.15) is 22.3 Å². The van der Waals surface area contributed by atoms with Gasteiger partial charge in [0.05, 0.1) is 26.9 Å². The smallest absolute Gasteiger partial charge is 0.135 e. The molecule has 4 aromatic carbocycles. The number of rotatable bonds is 4. The standard InChI is InChI=1S/C31H24O3/c1-32-26-18-12-23(13-19-26)11-17-25-7-4-5-8-28(25)29-9-6-10-31(34-3)30(29)22-16-24-14-20-27(33-2)21-15-24/h4-10,12-15,18-21H,1-3H3. The summed E-state index contributed by atoms with van der Waals surface area (Å²) in [6, 6.07) is 29.4. The van der Waals surface area contributed by atoms with Crippen molar-refractivity contribution in [3.8, 4) is 52.1 Å². The van der Waals surface area contributed by atoms with E-state index in [0.29, 0.717) is 0 Å². The number of hydrogen-bond donors (Lipinski definition) is 0. The number of ether oxygens (including phenoxy) is 3. The van der Waals surface area contributed by atoms with E-state index in [1.807, 2.05) is 78.9 Å². The highest BCUT2D eigenvalue weighted by molar-refractivity contribution is 5.79. The molecule has 0 N–H and O–H groups in total. The molecule has 4 aromatic rings. The van der Waals surface area contributed by atoms with Gasteiger partial charge in [-0.25, -0.2) is 0 Å². The molecule has 4 rings (SSSR count). The van der Waals surface area contributed by atoms with Crippen molar-refractivity contribution in [3.63, 3.8) is 0 Å². The summed E-state index contributed by atoms with van der Waals surface area (Å²) in [5, 5.41) is 0. The lowest BCUT2D eigenvalue weighted by Gasteiger charge is -2.11. The molecule has 0 aromatic heterocycles. The van der Waals surface area contributed by atoms with Crippen molar-refractivity contribution < 1.29 is 14.2 Å². The number of hydrogen-bond acceptors (Lipinski definition) is 3. The molecule has 0 aliphatic rings. The Kier molecular flexibility index (Phi) is 7.19. The van der Waals surface area contributed by atoms with E-state index in [1.54, 1.807) is 21.3 Å². The van der Waals surface area contributed by atoms with Crippen LogP contribution in [0.25, 0.3) is 11.1 Å². The molecule has 0 atom stereocenters. The van der Waals surface area contributed by atoms with Crippen molar-refractivity contribution in [1.82, 2.24) is 0 Å². The second-order valence-electron chi connectivity index (χ2n) is 7.39. The highest BCUT2D eigenvalue weighted by atomic mass is 16.5. The summed E-state index contributed by atoms with van der Waals surface area (Å²) in [6.45, 7) is 0. The molecule has 3 heteroatoms. The second kappa shape index (κ2) is 10.8. The summed E-state index contributed by atoms with van der Waals surface area (Å²) in [5.41, 5.74) is 5.52. The van der Waals surface area contributed by atoms with E-state index in [2.05, 4.69) is 35.8 Å². The molecule has 0 spiro atoms. The lowest BCUT2D eigenvalue weighted by molar-refractivity contribution is 0.414. The Morgan fingerprint density at radius 2 is 1.03 bits per heavy atom. The molecule has 0 heterocycles. The maximum atomic E-state index is 5.65. The fraction of sp³-hybridized carbons (Fsp3) is 0.0968. The minimum absolute atomic E-state index is 0.719. The normalized spacial score (nSPS) is 9.74. The Morgan fingerprint density at radius 1 is 0.471 bits per heavy atom.